The van der Waals surface area contributed by atoms with Gasteiger partial charge in [-0.05, 0) is 27.7 Å². The first-order chi connectivity index (χ1) is 9.71. The normalized spacial score (nSPS) is 13.4. The summed E-state index contributed by atoms with van der Waals surface area (Å²) >= 11 is 0. The van der Waals surface area contributed by atoms with Gasteiger partial charge in [-0.2, -0.15) is 0 Å². The summed E-state index contributed by atoms with van der Waals surface area (Å²) in [4.78, 5) is 33.8. The molecule has 0 saturated heterocycles. The third kappa shape index (κ3) is 5.98. The van der Waals surface area contributed by atoms with Gasteiger partial charge in [-0.3, -0.25) is 4.79 Å². The number of nitrogens with zero attached hydrogens (tertiary/aromatic N) is 3. The third-order valence-electron chi connectivity index (χ3n) is 2.20. The van der Waals surface area contributed by atoms with Gasteiger partial charge in [0.05, 0.1) is 18.4 Å². The van der Waals surface area contributed by atoms with Crippen molar-refractivity contribution in [3.63, 3.8) is 0 Å². The van der Waals surface area contributed by atoms with E-state index in [4.69, 9.17) is 10.5 Å². The van der Waals surface area contributed by atoms with Gasteiger partial charge in [-0.15, -0.1) is 0 Å². The van der Waals surface area contributed by atoms with E-state index >= 15 is 0 Å². The second kappa shape index (κ2) is 6.78. The molecule has 1 aromatic rings. The van der Waals surface area contributed by atoms with E-state index in [9.17, 15) is 9.59 Å². The van der Waals surface area contributed by atoms with Crippen molar-refractivity contribution in [3.8, 4) is 0 Å². The molecule has 1 heterocycles. The molecule has 0 aromatic carbocycles. The van der Waals surface area contributed by atoms with Gasteiger partial charge in [-0.25, -0.2) is 19.8 Å². The smallest absolute Gasteiger partial charge is 0.408 e. The van der Waals surface area contributed by atoms with Crippen molar-refractivity contribution in [1.29, 1.82) is 0 Å². The minimum Gasteiger partial charge on any atom is -0.444 e. The number of amidine groups is 1. The van der Waals surface area contributed by atoms with Crippen LogP contribution in [0, 0.1) is 0 Å². The summed E-state index contributed by atoms with van der Waals surface area (Å²) in [7, 11) is 0. The van der Waals surface area contributed by atoms with E-state index in [2.05, 4.69) is 20.3 Å². The number of aliphatic imine (C=N–C) groups is 1. The highest BCUT2D eigenvalue weighted by atomic mass is 16.6. The molecule has 21 heavy (non-hydrogen) atoms. The number of rotatable bonds is 4. The summed E-state index contributed by atoms with van der Waals surface area (Å²) in [6.07, 6.45) is 2.59. The predicted molar refractivity (Wildman–Crippen MR) is 77.5 cm³/mol. The molecule has 0 saturated carbocycles. The van der Waals surface area contributed by atoms with E-state index < -0.39 is 17.7 Å². The summed E-state index contributed by atoms with van der Waals surface area (Å²) < 4.78 is 5.11. The van der Waals surface area contributed by atoms with E-state index in [0.717, 1.165) is 0 Å². The van der Waals surface area contributed by atoms with Crippen LogP contribution in [0.2, 0.25) is 0 Å². The molecule has 8 heteroatoms. The summed E-state index contributed by atoms with van der Waals surface area (Å²) in [5.74, 6) is 0.393. The first-order valence-electron chi connectivity index (χ1n) is 6.32. The maximum Gasteiger partial charge on any atom is 0.408 e. The molecule has 114 valence electrons. The Hall–Kier alpha value is -2.51. The Bertz CT molecular complexity index is 534. The maximum atomic E-state index is 11.6. The van der Waals surface area contributed by atoms with Gasteiger partial charge in [0, 0.05) is 0 Å². The molecule has 0 fully saturated rings. The summed E-state index contributed by atoms with van der Waals surface area (Å²) in [6, 6.07) is -0.535. The summed E-state index contributed by atoms with van der Waals surface area (Å²) in [5, 5.41) is 2.56. The van der Waals surface area contributed by atoms with Crippen molar-refractivity contribution in [2.75, 3.05) is 0 Å². The molecule has 1 unspecified atom stereocenters. The van der Waals surface area contributed by atoms with E-state index in [0.29, 0.717) is 6.29 Å². The minimum absolute atomic E-state index is 0.147. The van der Waals surface area contributed by atoms with Crippen LogP contribution in [0.3, 0.4) is 0 Å². The molecule has 3 N–H and O–H groups in total. The van der Waals surface area contributed by atoms with Gasteiger partial charge in [0.2, 0.25) is 0 Å². The molecule has 0 aliphatic rings. The van der Waals surface area contributed by atoms with Crippen molar-refractivity contribution in [2.24, 2.45) is 10.7 Å². The number of carbonyl (C=O) groups excluding carboxylic acids is 2. The highest BCUT2D eigenvalue weighted by Gasteiger charge is 2.19. The number of aromatic nitrogens is 2. The highest BCUT2D eigenvalue weighted by molar-refractivity contribution is 5.90. The predicted octanol–water partition coefficient (Wildman–Crippen LogP) is 1.19. The molecular formula is C13H19N5O3. The number of carbonyl (C=O) groups is 2. The second-order valence-electron chi connectivity index (χ2n) is 5.32. The van der Waals surface area contributed by atoms with Crippen LogP contribution >= 0.6 is 0 Å². The van der Waals surface area contributed by atoms with Gasteiger partial charge in [0.1, 0.15) is 17.1 Å². The minimum atomic E-state index is -0.591. The van der Waals surface area contributed by atoms with Crippen LogP contribution < -0.4 is 11.1 Å². The zero-order valence-corrected chi connectivity index (χ0v) is 12.5. The van der Waals surface area contributed by atoms with Crippen LogP contribution in [0.25, 0.3) is 0 Å². The lowest BCUT2D eigenvalue weighted by molar-refractivity contribution is 0.0521. The molecule has 0 radical (unpaired) electrons. The summed E-state index contributed by atoms with van der Waals surface area (Å²) in [6.45, 7) is 6.95. The zero-order chi connectivity index (χ0) is 16.0. The fourth-order valence-corrected chi connectivity index (χ4v) is 1.24. The zero-order valence-electron chi connectivity index (χ0n) is 12.5. The number of hydrogen-bond donors (Lipinski definition) is 2. The van der Waals surface area contributed by atoms with Gasteiger partial charge in [0.25, 0.3) is 0 Å². The monoisotopic (exact) mass is 293 g/mol. The number of aldehydes is 1. The topological polar surface area (TPSA) is 120 Å². The number of nitrogens with two attached hydrogens (primary N) is 1. The van der Waals surface area contributed by atoms with E-state index in [1.807, 2.05) is 0 Å². The Morgan fingerprint density at radius 2 is 2.10 bits per heavy atom. The van der Waals surface area contributed by atoms with Crippen molar-refractivity contribution in [2.45, 2.75) is 39.3 Å². The Kier molecular flexibility index (Phi) is 5.34. The number of ether oxygens (including phenoxy) is 1. The molecule has 8 nitrogen and oxygen atoms in total. The number of nitrogens with one attached hydrogen (secondary N) is 1. The highest BCUT2D eigenvalue weighted by Crippen LogP contribution is 2.08. The number of amides is 1. The number of hydrogen-bond acceptors (Lipinski definition) is 6. The molecule has 0 bridgehead atoms. The van der Waals surface area contributed by atoms with Crippen molar-refractivity contribution in [1.82, 2.24) is 15.3 Å². The lowest BCUT2D eigenvalue weighted by atomic mass is 10.2. The van der Waals surface area contributed by atoms with Gasteiger partial charge in [-0.1, -0.05) is 0 Å². The fraction of sp³-hybridized carbons (Fsp3) is 0.462. The van der Waals surface area contributed by atoms with Crippen LogP contribution in [0.5, 0.6) is 0 Å². The average molecular weight is 293 g/mol. The van der Waals surface area contributed by atoms with Crippen LogP contribution in [-0.4, -0.2) is 39.8 Å². The average Bonchev–Trinajstić information content (AvgIpc) is 2.37. The molecule has 0 aliphatic carbocycles. The molecular weight excluding hydrogens is 274 g/mol. The van der Waals surface area contributed by atoms with Gasteiger partial charge >= 0.3 is 6.09 Å². The van der Waals surface area contributed by atoms with Crippen molar-refractivity contribution in [3.05, 3.63) is 18.1 Å². The van der Waals surface area contributed by atoms with Gasteiger partial charge in [0.15, 0.2) is 12.1 Å². The van der Waals surface area contributed by atoms with Crippen LogP contribution in [-0.2, 0) is 4.74 Å². The Morgan fingerprint density at radius 3 is 2.57 bits per heavy atom. The third-order valence-corrected chi connectivity index (χ3v) is 2.20. The SMILES string of the molecule is CC(NC(=O)OC(C)(C)C)C(N)=Nc1cnc(C=O)cn1. The van der Waals surface area contributed by atoms with Gasteiger partial charge < -0.3 is 15.8 Å². The number of alkyl carbamates (subject to hydrolysis) is 1. The maximum absolute atomic E-state index is 11.6. The van der Waals surface area contributed by atoms with Crippen molar-refractivity contribution >= 4 is 24.0 Å². The fourth-order valence-electron chi connectivity index (χ4n) is 1.24. The Morgan fingerprint density at radius 1 is 1.43 bits per heavy atom. The van der Waals surface area contributed by atoms with Crippen molar-refractivity contribution < 1.29 is 14.3 Å². The molecule has 0 spiro atoms. The quantitative estimate of drug-likeness (QED) is 0.489. The van der Waals surface area contributed by atoms with E-state index in [1.165, 1.54) is 12.4 Å². The standard InChI is InChI=1S/C13H19N5O3/c1-8(17-12(20)21-13(2,3)4)11(14)18-10-6-15-9(7-19)5-16-10/h5-8H,1-4H3,(H,17,20)(H2,14,16,18). The molecule has 1 aromatic heterocycles. The van der Waals surface area contributed by atoms with E-state index in [-0.39, 0.29) is 17.3 Å². The van der Waals surface area contributed by atoms with Crippen LogP contribution in [0.15, 0.2) is 17.4 Å². The molecule has 1 atom stereocenters. The Balaban J connectivity index is 2.68. The first-order valence-corrected chi connectivity index (χ1v) is 6.32. The summed E-state index contributed by atoms with van der Waals surface area (Å²) in [5.41, 5.74) is 5.38. The van der Waals surface area contributed by atoms with Crippen LogP contribution in [0.4, 0.5) is 10.6 Å². The van der Waals surface area contributed by atoms with E-state index in [1.54, 1.807) is 27.7 Å². The molecule has 1 amide bonds. The molecule has 0 aliphatic heterocycles. The lowest BCUT2D eigenvalue weighted by Crippen LogP contribution is -2.44. The second-order valence-corrected chi connectivity index (χ2v) is 5.32. The molecule has 1 rings (SSSR count). The largest absolute Gasteiger partial charge is 0.444 e. The lowest BCUT2D eigenvalue weighted by Gasteiger charge is -2.21. The van der Waals surface area contributed by atoms with Crippen LogP contribution in [0.1, 0.15) is 38.2 Å². The first kappa shape index (κ1) is 16.5. The Labute approximate surface area is 122 Å².